The van der Waals surface area contributed by atoms with E-state index in [1.165, 1.54) is 61.9 Å². The van der Waals surface area contributed by atoms with E-state index in [0.717, 1.165) is 22.5 Å². The minimum absolute atomic E-state index is 0.0213. The summed E-state index contributed by atoms with van der Waals surface area (Å²) in [6, 6.07) is 12.8. The Kier molecular flexibility index (Phi) is 7.04. The molecule has 33 heavy (non-hydrogen) atoms. The Balaban J connectivity index is 1.75. The van der Waals surface area contributed by atoms with Crippen LogP contribution in [0.25, 0.3) is 0 Å². The number of carbonyl (C=O) groups is 1. The number of sulfonamides is 1. The highest BCUT2D eigenvalue weighted by atomic mass is 32.2. The molecule has 1 heterocycles. The smallest absolute Gasteiger partial charge is 0.416 e. The zero-order chi connectivity index (χ0) is 24.2. The number of aromatic nitrogens is 1. The van der Waals surface area contributed by atoms with Crippen LogP contribution in [0.5, 0.6) is 5.75 Å². The lowest BCUT2D eigenvalue weighted by atomic mass is 10.1. The van der Waals surface area contributed by atoms with Gasteiger partial charge in [0.2, 0.25) is 16.1 Å². The van der Waals surface area contributed by atoms with Crippen LogP contribution in [-0.4, -0.2) is 35.8 Å². The zero-order valence-electron chi connectivity index (χ0n) is 17.2. The summed E-state index contributed by atoms with van der Waals surface area (Å²) in [5.41, 5.74) is -0.560. The molecule has 1 unspecified atom stereocenters. The largest absolute Gasteiger partial charge is 0.478 e. The van der Waals surface area contributed by atoms with Gasteiger partial charge in [0.25, 0.3) is 0 Å². The Morgan fingerprint density at radius 1 is 1.12 bits per heavy atom. The predicted octanol–water partition coefficient (Wildman–Crippen LogP) is 4.13. The number of hydrogen-bond acceptors (Lipinski definition) is 5. The number of rotatable bonds is 8. The fraction of sp³-hybridized carbons (Fsp3) is 0.182. The van der Waals surface area contributed by atoms with Crippen molar-refractivity contribution in [1.82, 2.24) is 9.29 Å². The van der Waals surface area contributed by atoms with Crippen molar-refractivity contribution >= 4 is 16.0 Å². The van der Waals surface area contributed by atoms with Gasteiger partial charge in [-0.2, -0.15) is 17.5 Å². The predicted molar refractivity (Wildman–Crippen MR) is 112 cm³/mol. The number of nitrogens with zero attached hydrogens (tertiary/aromatic N) is 2. The number of aliphatic carboxylic acids is 1. The summed E-state index contributed by atoms with van der Waals surface area (Å²) >= 11 is 0. The molecule has 0 aliphatic heterocycles. The van der Waals surface area contributed by atoms with Gasteiger partial charge >= 0.3 is 12.1 Å². The first-order valence-corrected chi connectivity index (χ1v) is 10.9. The van der Waals surface area contributed by atoms with Crippen molar-refractivity contribution in [3.05, 3.63) is 89.7 Å². The van der Waals surface area contributed by atoms with Gasteiger partial charge in [-0.1, -0.05) is 24.3 Å². The molecule has 0 saturated heterocycles. The summed E-state index contributed by atoms with van der Waals surface area (Å²) in [6.07, 6.45) is -3.58. The second kappa shape index (κ2) is 9.59. The van der Waals surface area contributed by atoms with Crippen molar-refractivity contribution in [2.45, 2.75) is 23.7 Å². The summed E-state index contributed by atoms with van der Waals surface area (Å²) in [5.74, 6) is -1.36. The molecule has 0 fully saturated rings. The molecule has 1 atom stereocenters. The molecule has 7 nitrogen and oxygen atoms in total. The lowest BCUT2D eigenvalue weighted by molar-refractivity contribution is -0.146. The highest BCUT2D eigenvalue weighted by Crippen LogP contribution is 2.32. The van der Waals surface area contributed by atoms with Crippen molar-refractivity contribution in [2.24, 2.45) is 0 Å². The number of benzene rings is 2. The van der Waals surface area contributed by atoms with Crippen LogP contribution >= 0.6 is 0 Å². The zero-order valence-corrected chi connectivity index (χ0v) is 18.0. The number of pyridine rings is 1. The molecular weight excluding hydrogens is 461 g/mol. The average molecular weight is 480 g/mol. The standard InChI is InChI=1S/C22H19F3N2O5S/c1-27(33(30,31)19-6-3-11-26-13-19)14-15-7-9-18(10-8-15)32-20(21(28)29)16-4-2-5-17(12-16)22(23,24)25/h2-13,20H,14H2,1H3,(H,28,29). The fourth-order valence-corrected chi connectivity index (χ4v) is 4.09. The molecule has 3 aromatic rings. The topological polar surface area (TPSA) is 96.8 Å². The number of carboxylic acids is 1. The minimum atomic E-state index is -4.62. The molecule has 2 aromatic carbocycles. The SMILES string of the molecule is CN(Cc1ccc(OC(C(=O)O)c2cccc(C(F)(F)F)c2)cc1)S(=O)(=O)c1cccnc1. The first kappa shape index (κ1) is 24.2. The van der Waals surface area contributed by atoms with Crippen LogP contribution in [-0.2, 0) is 27.5 Å². The molecule has 174 valence electrons. The molecule has 11 heteroatoms. The summed E-state index contributed by atoms with van der Waals surface area (Å²) in [6.45, 7) is 0.0213. The van der Waals surface area contributed by atoms with Gasteiger partial charge in [-0.05, 0) is 42.0 Å². The number of alkyl halides is 3. The minimum Gasteiger partial charge on any atom is -0.478 e. The Hall–Kier alpha value is -3.44. The number of ether oxygens (including phenoxy) is 1. The van der Waals surface area contributed by atoms with Crippen LogP contribution < -0.4 is 4.74 Å². The van der Waals surface area contributed by atoms with Crippen molar-refractivity contribution in [3.8, 4) is 5.75 Å². The normalized spacial score (nSPS) is 13.0. The number of carboxylic acid groups (broad SMARTS) is 1. The van der Waals surface area contributed by atoms with Crippen LogP contribution in [0.4, 0.5) is 13.2 Å². The average Bonchev–Trinajstić information content (AvgIpc) is 2.78. The molecule has 1 aromatic heterocycles. The highest BCUT2D eigenvalue weighted by molar-refractivity contribution is 7.89. The van der Waals surface area contributed by atoms with E-state index in [-0.39, 0.29) is 22.8 Å². The molecule has 0 amide bonds. The molecule has 3 rings (SSSR count). The maximum Gasteiger partial charge on any atom is 0.416 e. The van der Waals surface area contributed by atoms with E-state index in [0.29, 0.717) is 5.56 Å². The van der Waals surface area contributed by atoms with E-state index < -0.39 is 33.8 Å². The van der Waals surface area contributed by atoms with Crippen LogP contribution in [0.3, 0.4) is 0 Å². The van der Waals surface area contributed by atoms with Crippen LogP contribution in [0.2, 0.25) is 0 Å². The van der Waals surface area contributed by atoms with E-state index in [9.17, 15) is 31.5 Å². The summed E-state index contributed by atoms with van der Waals surface area (Å²) in [7, 11) is -2.36. The first-order valence-electron chi connectivity index (χ1n) is 9.50. The second-order valence-corrected chi connectivity index (χ2v) is 9.10. The number of hydrogen-bond donors (Lipinski definition) is 1. The van der Waals surface area contributed by atoms with E-state index >= 15 is 0 Å². The van der Waals surface area contributed by atoms with Gasteiger partial charge in [0.1, 0.15) is 10.6 Å². The van der Waals surface area contributed by atoms with Crippen molar-refractivity contribution in [3.63, 3.8) is 0 Å². The van der Waals surface area contributed by atoms with Gasteiger partial charge in [0, 0.05) is 31.5 Å². The number of halogens is 3. The van der Waals surface area contributed by atoms with Gasteiger partial charge in [0.05, 0.1) is 5.56 Å². The van der Waals surface area contributed by atoms with Gasteiger partial charge in [-0.15, -0.1) is 0 Å². The maximum atomic E-state index is 13.0. The van der Waals surface area contributed by atoms with E-state index in [1.54, 1.807) is 0 Å². The van der Waals surface area contributed by atoms with Crippen LogP contribution in [0.15, 0.2) is 78.0 Å². The molecule has 0 aliphatic carbocycles. The molecule has 0 bridgehead atoms. The molecule has 0 spiro atoms. The Bertz CT molecular complexity index is 1220. The Morgan fingerprint density at radius 2 is 1.82 bits per heavy atom. The lowest BCUT2D eigenvalue weighted by Crippen LogP contribution is -2.26. The van der Waals surface area contributed by atoms with Crippen LogP contribution in [0.1, 0.15) is 22.8 Å². The van der Waals surface area contributed by atoms with Gasteiger partial charge in [0.15, 0.2) is 0 Å². The van der Waals surface area contributed by atoms with E-state index in [1.807, 2.05) is 0 Å². The second-order valence-electron chi connectivity index (χ2n) is 7.05. The molecule has 0 saturated carbocycles. The molecule has 0 radical (unpaired) electrons. The van der Waals surface area contributed by atoms with Gasteiger partial charge in [-0.3, -0.25) is 4.98 Å². The third kappa shape index (κ3) is 5.88. The molecule has 0 aliphatic rings. The van der Waals surface area contributed by atoms with E-state index in [4.69, 9.17) is 4.74 Å². The van der Waals surface area contributed by atoms with Crippen molar-refractivity contribution in [2.75, 3.05) is 7.05 Å². The fourth-order valence-electron chi connectivity index (χ4n) is 2.97. The summed E-state index contributed by atoms with van der Waals surface area (Å²) < 4.78 is 70.6. The lowest BCUT2D eigenvalue weighted by Gasteiger charge is -2.19. The quantitative estimate of drug-likeness (QED) is 0.521. The van der Waals surface area contributed by atoms with Gasteiger partial charge < -0.3 is 9.84 Å². The van der Waals surface area contributed by atoms with E-state index in [2.05, 4.69) is 4.98 Å². The van der Waals surface area contributed by atoms with Crippen LogP contribution in [0, 0.1) is 0 Å². The van der Waals surface area contributed by atoms with Crippen molar-refractivity contribution in [1.29, 1.82) is 0 Å². The Labute approximate surface area is 188 Å². The molecule has 1 N–H and O–H groups in total. The summed E-state index contributed by atoms with van der Waals surface area (Å²) in [5, 5.41) is 9.47. The Morgan fingerprint density at radius 3 is 2.39 bits per heavy atom. The highest BCUT2D eigenvalue weighted by Gasteiger charge is 2.32. The molecular formula is C22H19F3N2O5S. The first-order chi connectivity index (χ1) is 15.5. The third-order valence-electron chi connectivity index (χ3n) is 4.67. The monoisotopic (exact) mass is 480 g/mol. The third-order valence-corrected chi connectivity index (χ3v) is 6.45. The van der Waals surface area contributed by atoms with Crippen molar-refractivity contribution < 1.29 is 36.2 Å². The summed E-state index contributed by atoms with van der Waals surface area (Å²) in [4.78, 5) is 15.5. The maximum absolute atomic E-state index is 13.0. The van der Waals surface area contributed by atoms with Gasteiger partial charge in [-0.25, -0.2) is 13.2 Å².